The summed E-state index contributed by atoms with van der Waals surface area (Å²) in [5, 5.41) is 18.8. The van der Waals surface area contributed by atoms with Gasteiger partial charge in [0, 0.05) is 5.56 Å². The summed E-state index contributed by atoms with van der Waals surface area (Å²) in [5.74, 6) is 0. The number of nitrogens with zero attached hydrogens (tertiary/aromatic N) is 4. The van der Waals surface area contributed by atoms with E-state index < -0.39 is 4.92 Å². The summed E-state index contributed by atoms with van der Waals surface area (Å²) >= 11 is 9.83. The van der Waals surface area contributed by atoms with Crippen molar-refractivity contribution in [1.29, 1.82) is 0 Å². The molecular weight excluding hydrogens is 360 g/mol. The summed E-state index contributed by atoms with van der Waals surface area (Å²) in [6.07, 6.45) is 1.19. The lowest BCUT2D eigenvalue weighted by Gasteiger charge is -2.06. The van der Waals surface area contributed by atoms with E-state index in [1.165, 1.54) is 17.7 Å². The second kappa shape index (κ2) is 5.35. The van der Waals surface area contributed by atoms with Gasteiger partial charge in [0.15, 0.2) is 0 Å². The molecule has 10 heteroatoms. The fourth-order valence-electron chi connectivity index (χ4n) is 1.45. The quantitative estimate of drug-likeness (QED) is 0.615. The molecule has 2 aromatic heterocycles. The number of hydrogen-bond acceptors (Lipinski definition) is 6. The van der Waals surface area contributed by atoms with E-state index in [1.807, 2.05) is 0 Å². The zero-order chi connectivity index (χ0) is 14.2. The highest BCUT2D eigenvalue weighted by Gasteiger charge is 2.19. The van der Waals surface area contributed by atoms with E-state index in [0.717, 1.165) is 11.3 Å². The maximum Gasteiger partial charge on any atom is 0.289 e. The third kappa shape index (κ3) is 2.82. The molecule has 0 atom stereocenters. The van der Waals surface area contributed by atoms with Crippen LogP contribution < -0.4 is 5.56 Å². The molecule has 19 heavy (non-hydrogen) atoms. The molecule has 0 aliphatic rings. The van der Waals surface area contributed by atoms with Crippen molar-refractivity contribution in [3.8, 4) is 0 Å². The van der Waals surface area contributed by atoms with E-state index in [1.54, 1.807) is 0 Å². The van der Waals surface area contributed by atoms with Gasteiger partial charge in [0.2, 0.25) is 4.47 Å². The first kappa shape index (κ1) is 14.1. The average Bonchev–Trinajstić information content (AvgIpc) is 2.75. The van der Waals surface area contributed by atoms with Crippen LogP contribution in [0.5, 0.6) is 0 Å². The Hall–Kier alpha value is -1.32. The molecule has 2 rings (SSSR count). The minimum absolute atomic E-state index is 0.0862. The Balaban J connectivity index is 2.51. The summed E-state index contributed by atoms with van der Waals surface area (Å²) in [6, 6.07) is 0. The lowest BCUT2D eigenvalue weighted by Crippen LogP contribution is -2.22. The molecule has 0 bridgehead atoms. The molecule has 2 aromatic rings. The van der Waals surface area contributed by atoms with Crippen molar-refractivity contribution in [2.45, 2.75) is 13.5 Å². The number of pyridine rings is 1. The summed E-state index contributed by atoms with van der Waals surface area (Å²) in [6.45, 7) is 1.60. The SMILES string of the molecule is Cc1c([N+](=O)[O-])cn(Cc2nnc(Cl)s2)c(=O)c1Br. The van der Waals surface area contributed by atoms with E-state index in [2.05, 4.69) is 26.1 Å². The Morgan fingerprint density at radius 2 is 2.26 bits per heavy atom. The Morgan fingerprint density at radius 3 is 2.79 bits per heavy atom. The molecule has 7 nitrogen and oxygen atoms in total. The van der Waals surface area contributed by atoms with Crippen LogP contribution in [0.4, 0.5) is 5.69 Å². The number of halogens is 2. The van der Waals surface area contributed by atoms with E-state index in [9.17, 15) is 14.9 Å². The first-order valence-electron chi connectivity index (χ1n) is 4.92. The highest BCUT2D eigenvalue weighted by molar-refractivity contribution is 9.10. The highest BCUT2D eigenvalue weighted by Crippen LogP contribution is 2.23. The number of rotatable bonds is 3. The van der Waals surface area contributed by atoms with Crippen LogP contribution in [0.1, 0.15) is 10.6 Å². The van der Waals surface area contributed by atoms with Gasteiger partial charge in [0.05, 0.1) is 22.1 Å². The smallest absolute Gasteiger partial charge is 0.289 e. The molecule has 0 saturated heterocycles. The van der Waals surface area contributed by atoms with Crippen LogP contribution in [-0.2, 0) is 6.54 Å². The summed E-state index contributed by atoms with van der Waals surface area (Å²) in [5.41, 5.74) is -0.210. The Bertz CT molecular complexity index is 714. The topological polar surface area (TPSA) is 90.9 Å². The fraction of sp³-hybridized carbons (Fsp3) is 0.222. The Morgan fingerprint density at radius 1 is 1.58 bits per heavy atom. The van der Waals surface area contributed by atoms with Gasteiger partial charge in [-0.15, -0.1) is 10.2 Å². The van der Waals surface area contributed by atoms with Crippen molar-refractivity contribution in [3.05, 3.63) is 46.2 Å². The molecular formula is C9H6BrClN4O3S. The second-order valence-electron chi connectivity index (χ2n) is 3.59. The molecule has 0 N–H and O–H groups in total. The van der Waals surface area contributed by atoms with Gasteiger partial charge >= 0.3 is 0 Å². The van der Waals surface area contributed by atoms with Crippen molar-refractivity contribution in [3.63, 3.8) is 0 Å². The van der Waals surface area contributed by atoms with Gasteiger partial charge in [-0.2, -0.15) is 0 Å². The first-order valence-corrected chi connectivity index (χ1v) is 6.90. The molecule has 0 aliphatic heterocycles. The standard InChI is InChI=1S/C9H6BrClN4O3S/c1-4-5(15(17)18)2-14(8(16)7(4)10)3-6-12-13-9(11)19-6/h2H,3H2,1H3. The molecule has 0 aliphatic carbocycles. The summed E-state index contributed by atoms with van der Waals surface area (Å²) in [7, 11) is 0. The van der Waals surface area contributed by atoms with Crippen LogP contribution in [0.15, 0.2) is 15.5 Å². The van der Waals surface area contributed by atoms with E-state index in [-0.39, 0.29) is 26.7 Å². The van der Waals surface area contributed by atoms with Crippen LogP contribution in [0.25, 0.3) is 0 Å². The van der Waals surface area contributed by atoms with Crippen molar-refractivity contribution >= 4 is 44.6 Å². The number of aromatic nitrogens is 3. The van der Waals surface area contributed by atoms with Crippen LogP contribution in [-0.4, -0.2) is 19.7 Å². The maximum absolute atomic E-state index is 12.0. The number of hydrogen-bond donors (Lipinski definition) is 0. The third-order valence-corrected chi connectivity index (χ3v) is 4.32. The van der Waals surface area contributed by atoms with Crippen LogP contribution >= 0.6 is 38.9 Å². The molecule has 2 heterocycles. The third-order valence-electron chi connectivity index (χ3n) is 2.38. The van der Waals surface area contributed by atoms with Crippen molar-refractivity contribution < 1.29 is 4.92 Å². The van der Waals surface area contributed by atoms with E-state index in [0.29, 0.717) is 10.6 Å². The van der Waals surface area contributed by atoms with Gasteiger partial charge in [-0.05, 0) is 34.5 Å². The Labute approximate surface area is 124 Å². The van der Waals surface area contributed by atoms with E-state index in [4.69, 9.17) is 11.6 Å². The maximum atomic E-state index is 12.0. The number of nitro groups is 1. The van der Waals surface area contributed by atoms with Crippen LogP contribution in [0.3, 0.4) is 0 Å². The second-order valence-corrected chi connectivity index (χ2v) is 6.03. The molecule has 0 fully saturated rings. The largest absolute Gasteiger partial charge is 0.301 e. The molecule has 0 amide bonds. The van der Waals surface area contributed by atoms with Crippen molar-refractivity contribution in [1.82, 2.24) is 14.8 Å². The fourth-order valence-corrected chi connectivity index (χ4v) is 2.74. The van der Waals surface area contributed by atoms with Gasteiger partial charge in [0.25, 0.3) is 11.2 Å². The van der Waals surface area contributed by atoms with Gasteiger partial charge in [-0.25, -0.2) is 0 Å². The Kier molecular flexibility index (Phi) is 3.97. The predicted octanol–water partition coefficient (Wildman–Crippen LogP) is 2.38. The minimum Gasteiger partial charge on any atom is -0.301 e. The summed E-state index contributed by atoms with van der Waals surface area (Å²) < 4.78 is 1.62. The zero-order valence-corrected chi connectivity index (χ0v) is 12.6. The lowest BCUT2D eigenvalue weighted by atomic mass is 10.2. The van der Waals surface area contributed by atoms with Gasteiger partial charge in [-0.1, -0.05) is 11.3 Å². The molecule has 0 radical (unpaired) electrons. The predicted molar refractivity (Wildman–Crippen MR) is 73.8 cm³/mol. The monoisotopic (exact) mass is 364 g/mol. The van der Waals surface area contributed by atoms with Gasteiger partial charge in [0.1, 0.15) is 5.01 Å². The molecule has 0 saturated carbocycles. The normalized spacial score (nSPS) is 10.7. The zero-order valence-electron chi connectivity index (χ0n) is 9.46. The molecule has 100 valence electrons. The van der Waals surface area contributed by atoms with Crippen LogP contribution in [0, 0.1) is 17.0 Å². The molecule has 0 aromatic carbocycles. The molecule has 0 spiro atoms. The minimum atomic E-state index is -0.539. The molecule has 0 unspecified atom stereocenters. The highest BCUT2D eigenvalue weighted by atomic mass is 79.9. The summed E-state index contributed by atoms with van der Waals surface area (Å²) in [4.78, 5) is 22.4. The first-order chi connectivity index (χ1) is 8.90. The van der Waals surface area contributed by atoms with Crippen molar-refractivity contribution in [2.24, 2.45) is 0 Å². The average molecular weight is 366 g/mol. The van der Waals surface area contributed by atoms with Crippen LogP contribution in [0.2, 0.25) is 4.47 Å². The van der Waals surface area contributed by atoms with E-state index >= 15 is 0 Å². The van der Waals surface area contributed by atoms with Crippen molar-refractivity contribution in [2.75, 3.05) is 0 Å². The van der Waals surface area contributed by atoms with Gasteiger partial charge in [-0.3, -0.25) is 14.9 Å². The van der Waals surface area contributed by atoms with Gasteiger partial charge < -0.3 is 4.57 Å². The lowest BCUT2D eigenvalue weighted by molar-refractivity contribution is -0.386.